The summed E-state index contributed by atoms with van der Waals surface area (Å²) in [7, 11) is 2.44. The number of rotatable bonds is 3. The molecule has 2 aromatic carbocycles. The summed E-state index contributed by atoms with van der Waals surface area (Å²) in [6.45, 7) is 2.38. The van der Waals surface area contributed by atoms with Crippen LogP contribution in [0.3, 0.4) is 0 Å². The molecule has 0 spiro atoms. The van der Waals surface area contributed by atoms with Crippen molar-refractivity contribution in [1.29, 1.82) is 0 Å². The van der Waals surface area contributed by atoms with E-state index in [1.165, 1.54) is 47.8 Å². The molecule has 0 radical (unpaired) electrons. The molecule has 0 bridgehead atoms. The van der Waals surface area contributed by atoms with Gasteiger partial charge in [0.15, 0.2) is 0 Å². The third kappa shape index (κ3) is 2.68. The fourth-order valence-electron chi connectivity index (χ4n) is 4.33. The van der Waals surface area contributed by atoms with Crippen molar-refractivity contribution in [2.45, 2.75) is 31.8 Å². The van der Waals surface area contributed by atoms with E-state index in [-0.39, 0.29) is 0 Å². The minimum atomic E-state index is 0.583. The van der Waals surface area contributed by atoms with Gasteiger partial charge in [-0.25, -0.2) is 0 Å². The van der Waals surface area contributed by atoms with E-state index >= 15 is 0 Å². The topological polar surface area (TPSA) is 15.8 Å². The second-order valence-corrected chi connectivity index (χ2v) is 7.15. The molecular formula is C21H25N2+. The smallest absolute Gasteiger partial charge is 0.117 e. The number of piperidine rings is 1. The predicted molar refractivity (Wildman–Crippen MR) is 96.1 cm³/mol. The first kappa shape index (κ1) is 14.5. The van der Waals surface area contributed by atoms with E-state index in [0.717, 1.165) is 11.0 Å². The standard InChI is InChI=1S/C21H25N2/c1-23(16-17-9-3-2-4-10-17)14-8-7-13-21(23)19-15-22-20-12-6-5-11-18(19)20/h2-6,9-12,15,21-22H,7-8,13-14,16H2,1H3/q+1/t21-,23-/m1/s1. The highest BCUT2D eigenvalue weighted by atomic mass is 15.4. The molecule has 1 N–H and O–H groups in total. The van der Waals surface area contributed by atoms with Gasteiger partial charge in [-0.05, 0) is 18.9 Å². The number of aromatic nitrogens is 1. The van der Waals surface area contributed by atoms with E-state index < -0.39 is 0 Å². The Hall–Kier alpha value is -2.06. The maximum Gasteiger partial charge on any atom is 0.117 e. The number of benzene rings is 2. The van der Waals surface area contributed by atoms with Crippen molar-refractivity contribution in [1.82, 2.24) is 4.98 Å². The Kier molecular flexibility index (Phi) is 3.70. The van der Waals surface area contributed by atoms with Gasteiger partial charge in [-0.1, -0.05) is 48.5 Å². The van der Waals surface area contributed by atoms with Crippen LogP contribution in [0.4, 0.5) is 0 Å². The number of H-pyrrole nitrogens is 1. The van der Waals surface area contributed by atoms with Crippen LogP contribution in [0.15, 0.2) is 60.8 Å². The maximum absolute atomic E-state index is 3.48. The molecule has 2 heterocycles. The molecule has 0 unspecified atom stereocenters. The molecule has 2 heteroatoms. The van der Waals surface area contributed by atoms with Gasteiger partial charge in [0.05, 0.1) is 13.6 Å². The fourth-order valence-corrected chi connectivity index (χ4v) is 4.33. The predicted octanol–water partition coefficient (Wildman–Crippen LogP) is 5.04. The van der Waals surface area contributed by atoms with Crippen LogP contribution in [0.2, 0.25) is 0 Å². The summed E-state index contributed by atoms with van der Waals surface area (Å²) in [6.07, 6.45) is 6.21. The van der Waals surface area contributed by atoms with Crippen molar-refractivity contribution >= 4 is 10.9 Å². The highest BCUT2D eigenvalue weighted by Crippen LogP contribution is 2.40. The number of quaternary nitrogens is 1. The lowest BCUT2D eigenvalue weighted by molar-refractivity contribution is -0.956. The third-order valence-corrected chi connectivity index (χ3v) is 5.52. The number of hydrogen-bond acceptors (Lipinski definition) is 0. The zero-order chi connectivity index (χ0) is 15.7. The molecule has 0 aliphatic carbocycles. The van der Waals surface area contributed by atoms with Crippen molar-refractivity contribution < 1.29 is 4.48 Å². The van der Waals surface area contributed by atoms with E-state index in [1.54, 1.807) is 0 Å². The lowest BCUT2D eigenvalue weighted by Crippen LogP contribution is -2.49. The number of hydrogen-bond donors (Lipinski definition) is 1. The number of nitrogens with one attached hydrogen (secondary N) is 1. The molecule has 4 rings (SSSR count). The largest absolute Gasteiger partial charge is 0.361 e. The zero-order valence-electron chi connectivity index (χ0n) is 13.8. The first-order chi connectivity index (χ1) is 11.3. The van der Waals surface area contributed by atoms with Crippen molar-refractivity contribution in [3.05, 3.63) is 71.9 Å². The van der Waals surface area contributed by atoms with Gasteiger partial charge in [0.2, 0.25) is 0 Å². The average molecular weight is 305 g/mol. The van der Waals surface area contributed by atoms with Crippen molar-refractivity contribution in [2.24, 2.45) is 0 Å². The number of para-hydroxylation sites is 1. The molecule has 2 nitrogen and oxygen atoms in total. The Labute approximate surface area is 138 Å². The second kappa shape index (κ2) is 5.86. The molecule has 23 heavy (non-hydrogen) atoms. The monoisotopic (exact) mass is 305 g/mol. The van der Waals surface area contributed by atoms with Crippen LogP contribution >= 0.6 is 0 Å². The Morgan fingerprint density at radius 2 is 1.78 bits per heavy atom. The molecule has 0 saturated carbocycles. The Morgan fingerprint density at radius 1 is 1.00 bits per heavy atom. The van der Waals surface area contributed by atoms with Gasteiger partial charge < -0.3 is 9.47 Å². The molecule has 118 valence electrons. The Morgan fingerprint density at radius 3 is 2.65 bits per heavy atom. The summed E-state index contributed by atoms with van der Waals surface area (Å²) in [5, 5.41) is 1.40. The second-order valence-electron chi connectivity index (χ2n) is 7.15. The van der Waals surface area contributed by atoms with E-state index in [0.29, 0.717) is 6.04 Å². The lowest BCUT2D eigenvalue weighted by Gasteiger charge is -2.45. The van der Waals surface area contributed by atoms with Crippen molar-refractivity contribution in [3.63, 3.8) is 0 Å². The van der Waals surface area contributed by atoms with Gasteiger partial charge in [-0.15, -0.1) is 0 Å². The number of nitrogens with zero attached hydrogens (tertiary/aromatic N) is 1. The number of likely N-dealkylation sites (tertiary alicyclic amines) is 1. The SMILES string of the molecule is C[N@+]1(Cc2ccccc2)CCCC[C@@H]1c1c[nH]c2ccccc12. The summed E-state index contributed by atoms with van der Waals surface area (Å²) in [6, 6.07) is 20.3. The average Bonchev–Trinajstić information content (AvgIpc) is 3.00. The molecule has 1 aliphatic rings. The fraction of sp³-hybridized carbons (Fsp3) is 0.333. The zero-order valence-corrected chi connectivity index (χ0v) is 13.8. The minimum absolute atomic E-state index is 0.583. The van der Waals surface area contributed by atoms with Crippen LogP contribution < -0.4 is 0 Å². The van der Waals surface area contributed by atoms with Crippen LogP contribution in [-0.4, -0.2) is 23.1 Å². The minimum Gasteiger partial charge on any atom is -0.361 e. The third-order valence-electron chi connectivity index (χ3n) is 5.52. The van der Waals surface area contributed by atoms with E-state index in [4.69, 9.17) is 0 Å². The van der Waals surface area contributed by atoms with Crippen LogP contribution in [-0.2, 0) is 6.54 Å². The summed E-state index contributed by atoms with van der Waals surface area (Å²) in [5.41, 5.74) is 4.21. The van der Waals surface area contributed by atoms with Gasteiger partial charge in [0.1, 0.15) is 12.6 Å². The van der Waals surface area contributed by atoms with Gasteiger partial charge in [0, 0.05) is 34.6 Å². The quantitative estimate of drug-likeness (QED) is 0.653. The van der Waals surface area contributed by atoms with Gasteiger partial charge in [-0.2, -0.15) is 0 Å². The molecule has 1 aromatic heterocycles. The normalized spacial score (nSPS) is 24.8. The summed E-state index contributed by atoms with van der Waals surface area (Å²) < 4.78 is 1.12. The van der Waals surface area contributed by atoms with E-state index in [2.05, 4.69) is 72.8 Å². The molecule has 1 aliphatic heterocycles. The van der Waals surface area contributed by atoms with Crippen molar-refractivity contribution in [3.8, 4) is 0 Å². The van der Waals surface area contributed by atoms with Gasteiger partial charge in [-0.3, -0.25) is 0 Å². The van der Waals surface area contributed by atoms with Crippen molar-refractivity contribution in [2.75, 3.05) is 13.6 Å². The number of aromatic amines is 1. The molecular weight excluding hydrogens is 280 g/mol. The highest BCUT2D eigenvalue weighted by molar-refractivity contribution is 5.83. The molecule has 1 saturated heterocycles. The highest BCUT2D eigenvalue weighted by Gasteiger charge is 2.37. The van der Waals surface area contributed by atoms with E-state index in [9.17, 15) is 0 Å². The Bertz CT molecular complexity index is 790. The summed E-state index contributed by atoms with van der Waals surface area (Å²) in [4.78, 5) is 3.48. The molecule has 0 amide bonds. The Balaban J connectivity index is 1.73. The summed E-state index contributed by atoms with van der Waals surface area (Å²) in [5.74, 6) is 0. The maximum atomic E-state index is 3.48. The first-order valence-corrected chi connectivity index (χ1v) is 8.70. The van der Waals surface area contributed by atoms with Crippen LogP contribution in [0.1, 0.15) is 36.4 Å². The van der Waals surface area contributed by atoms with Crippen LogP contribution in [0.5, 0.6) is 0 Å². The van der Waals surface area contributed by atoms with Gasteiger partial charge >= 0.3 is 0 Å². The number of fused-ring (bicyclic) bond motifs is 1. The lowest BCUT2D eigenvalue weighted by atomic mass is 9.91. The van der Waals surface area contributed by atoms with Crippen LogP contribution in [0, 0.1) is 0 Å². The summed E-state index contributed by atoms with van der Waals surface area (Å²) >= 11 is 0. The van der Waals surface area contributed by atoms with E-state index in [1.807, 2.05) is 0 Å². The molecule has 2 atom stereocenters. The molecule has 1 fully saturated rings. The van der Waals surface area contributed by atoms with Gasteiger partial charge in [0.25, 0.3) is 0 Å². The van der Waals surface area contributed by atoms with Crippen LogP contribution in [0.25, 0.3) is 10.9 Å². The molecule has 3 aromatic rings. The first-order valence-electron chi connectivity index (χ1n) is 8.70.